The second kappa shape index (κ2) is 6.36. The molecule has 0 bridgehead atoms. The first kappa shape index (κ1) is 17.2. The van der Waals surface area contributed by atoms with Crippen LogP contribution < -0.4 is 4.74 Å². The number of hydrogen-bond acceptors (Lipinski definition) is 4. The maximum Gasteiger partial charge on any atom is 0.458 e. The van der Waals surface area contributed by atoms with E-state index in [9.17, 15) is 22.7 Å². The highest BCUT2D eigenvalue weighted by molar-refractivity contribution is 6.01. The van der Waals surface area contributed by atoms with E-state index in [-0.39, 0.29) is 18.1 Å². The third kappa shape index (κ3) is 3.74. The molecule has 0 aliphatic carbocycles. The first-order valence-electron chi connectivity index (χ1n) is 7.29. The van der Waals surface area contributed by atoms with E-state index in [0.29, 0.717) is 11.3 Å². The Morgan fingerprint density at radius 1 is 1.08 bits per heavy atom. The van der Waals surface area contributed by atoms with E-state index in [1.54, 1.807) is 24.3 Å². The van der Waals surface area contributed by atoms with Gasteiger partial charge in [0.2, 0.25) is 0 Å². The molecule has 25 heavy (non-hydrogen) atoms. The average Bonchev–Trinajstić information content (AvgIpc) is 2.98. The third-order valence-corrected chi connectivity index (χ3v) is 3.66. The quantitative estimate of drug-likeness (QED) is 0.850. The molecule has 2 aromatic rings. The number of alkyl halides is 3. The predicted molar refractivity (Wildman–Crippen MR) is 80.4 cm³/mol. The van der Waals surface area contributed by atoms with Gasteiger partial charge < -0.3 is 14.7 Å². The molecule has 1 aliphatic rings. The van der Waals surface area contributed by atoms with Crippen LogP contribution in [0.15, 0.2) is 53.7 Å². The van der Waals surface area contributed by atoms with E-state index in [0.717, 1.165) is 5.56 Å². The second-order valence-corrected chi connectivity index (χ2v) is 5.53. The zero-order valence-corrected chi connectivity index (χ0v) is 12.8. The van der Waals surface area contributed by atoms with Crippen LogP contribution in [0.3, 0.4) is 0 Å². The zero-order chi connectivity index (χ0) is 18.1. The molecule has 1 unspecified atom stereocenters. The van der Waals surface area contributed by atoms with Crippen LogP contribution in [-0.2, 0) is 11.4 Å². The van der Waals surface area contributed by atoms with Crippen LogP contribution >= 0.6 is 0 Å². The summed E-state index contributed by atoms with van der Waals surface area (Å²) in [5.74, 6) is -3.16. The molecule has 8 heteroatoms. The molecular weight excluding hydrogens is 342 g/mol. The van der Waals surface area contributed by atoms with Crippen LogP contribution in [0.25, 0.3) is 0 Å². The SMILES string of the molecule is OC1(C(F)(F)F)CC(c2ccc(COc3ccc(F)cc3)cc2)=NO1. The minimum atomic E-state index is -4.93. The standard InChI is InChI=1S/C17H13F4NO3/c18-13-5-7-14(8-6-13)24-10-11-1-3-12(4-2-11)15-9-16(23,25-22-15)17(19,20)21/h1-8,23H,9-10H2. The van der Waals surface area contributed by atoms with Gasteiger partial charge in [0.25, 0.3) is 0 Å². The number of aliphatic hydroxyl groups is 1. The highest BCUT2D eigenvalue weighted by Crippen LogP contribution is 2.38. The fourth-order valence-electron chi connectivity index (χ4n) is 2.22. The Morgan fingerprint density at radius 3 is 2.28 bits per heavy atom. The van der Waals surface area contributed by atoms with Crippen LogP contribution in [0.4, 0.5) is 17.6 Å². The maximum absolute atomic E-state index is 12.8. The van der Waals surface area contributed by atoms with E-state index < -0.39 is 18.4 Å². The number of nitrogens with zero attached hydrogens (tertiary/aromatic N) is 1. The highest BCUT2D eigenvalue weighted by atomic mass is 19.4. The minimum Gasteiger partial charge on any atom is -0.489 e. The van der Waals surface area contributed by atoms with Gasteiger partial charge in [0, 0.05) is 0 Å². The van der Waals surface area contributed by atoms with Crippen molar-refractivity contribution in [3.63, 3.8) is 0 Å². The van der Waals surface area contributed by atoms with E-state index in [2.05, 4.69) is 9.99 Å². The molecule has 1 heterocycles. The zero-order valence-electron chi connectivity index (χ0n) is 12.8. The minimum absolute atomic E-state index is 0.00540. The summed E-state index contributed by atoms with van der Waals surface area (Å²) in [4.78, 5) is 4.18. The van der Waals surface area contributed by atoms with Crippen molar-refractivity contribution >= 4 is 5.71 Å². The van der Waals surface area contributed by atoms with Crippen molar-refractivity contribution < 1.29 is 32.2 Å². The largest absolute Gasteiger partial charge is 0.489 e. The molecule has 0 fully saturated rings. The van der Waals surface area contributed by atoms with Gasteiger partial charge in [-0.3, -0.25) is 0 Å². The molecule has 4 nitrogen and oxygen atoms in total. The summed E-state index contributed by atoms with van der Waals surface area (Å²) in [6.45, 7) is 0.210. The molecule has 1 aliphatic heterocycles. The van der Waals surface area contributed by atoms with Crippen molar-refractivity contribution in [1.29, 1.82) is 0 Å². The lowest BCUT2D eigenvalue weighted by Crippen LogP contribution is -2.45. The summed E-state index contributed by atoms with van der Waals surface area (Å²) >= 11 is 0. The lowest BCUT2D eigenvalue weighted by molar-refractivity contribution is -0.355. The molecule has 132 valence electrons. The van der Waals surface area contributed by atoms with Crippen molar-refractivity contribution in [2.75, 3.05) is 0 Å². The Bertz CT molecular complexity index is 772. The van der Waals surface area contributed by atoms with Gasteiger partial charge in [0.15, 0.2) is 0 Å². The van der Waals surface area contributed by atoms with Gasteiger partial charge in [-0.25, -0.2) is 4.39 Å². The van der Waals surface area contributed by atoms with Crippen LogP contribution in [0, 0.1) is 5.82 Å². The maximum atomic E-state index is 12.8. The van der Waals surface area contributed by atoms with Gasteiger partial charge in [0.1, 0.15) is 18.2 Å². The van der Waals surface area contributed by atoms with Gasteiger partial charge in [-0.2, -0.15) is 13.2 Å². The lowest BCUT2D eigenvalue weighted by atomic mass is 10.0. The van der Waals surface area contributed by atoms with E-state index in [1.807, 2.05) is 0 Å². The molecule has 0 aromatic heterocycles. The van der Waals surface area contributed by atoms with E-state index in [4.69, 9.17) is 4.74 Å². The number of halogens is 4. The monoisotopic (exact) mass is 355 g/mol. The van der Waals surface area contributed by atoms with Crippen molar-refractivity contribution in [3.8, 4) is 5.75 Å². The van der Waals surface area contributed by atoms with E-state index >= 15 is 0 Å². The predicted octanol–water partition coefficient (Wildman–Crippen LogP) is 3.78. The van der Waals surface area contributed by atoms with Gasteiger partial charge in [-0.05, 0) is 35.4 Å². The number of hydrogen-bond donors (Lipinski definition) is 1. The first-order valence-corrected chi connectivity index (χ1v) is 7.29. The van der Waals surface area contributed by atoms with Crippen LogP contribution in [0.5, 0.6) is 5.75 Å². The molecule has 0 saturated heterocycles. The molecule has 1 N–H and O–H groups in total. The summed E-state index contributed by atoms with van der Waals surface area (Å²) in [5.41, 5.74) is 1.18. The highest BCUT2D eigenvalue weighted by Gasteiger charge is 2.60. The summed E-state index contributed by atoms with van der Waals surface area (Å²) in [6.07, 6.45) is -5.71. The molecule has 1 atom stereocenters. The normalized spacial score (nSPS) is 20.1. The fraction of sp³-hybridized carbons (Fsp3) is 0.235. The van der Waals surface area contributed by atoms with Crippen molar-refractivity contribution in [3.05, 3.63) is 65.5 Å². The summed E-state index contributed by atoms with van der Waals surface area (Å²) < 4.78 is 56.4. The van der Waals surface area contributed by atoms with Gasteiger partial charge in [-0.15, -0.1) is 0 Å². The van der Waals surface area contributed by atoms with Crippen LogP contribution in [0.2, 0.25) is 0 Å². The smallest absolute Gasteiger partial charge is 0.458 e. The van der Waals surface area contributed by atoms with Gasteiger partial charge >= 0.3 is 12.0 Å². The average molecular weight is 355 g/mol. The Hall–Kier alpha value is -2.61. The first-order chi connectivity index (χ1) is 11.8. The topological polar surface area (TPSA) is 51.0 Å². The molecule has 0 spiro atoms. The fourth-order valence-corrected chi connectivity index (χ4v) is 2.22. The Labute approximate surface area is 140 Å². The third-order valence-electron chi connectivity index (χ3n) is 3.66. The molecule has 0 amide bonds. The van der Waals surface area contributed by atoms with Crippen molar-refractivity contribution in [2.24, 2.45) is 5.16 Å². The molecule has 2 aromatic carbocycles. The molecule has 3 rings (SSSR count). The summed E-state index contributed by atoms with van der Waals surface area (Å²) in [6, 6.07) is 12.0. The Kier molecular flexibility index (Phi) is 4.38. The Balaban J connectivity index is 1.62. The van der Waals surface area contributed by atoms with E-state index in [1.165, 1.54) is 24.3 Å². The lowest BCUT2D eigenvalue weighted by Gasteiger charge is -2.22. The number of benzene rings is 2. The van der Waals surface area contributed by atoms with Crippen molar-refractivity contribution in [2.45, 2.75) is 25.0 Å². The van der Waals surface area contributed by atoms with Gasteiger partial charge in [0.05, 0.1) is 12.1 Å². The Morgan fingerprint density at radius 2 is 1.72 bits per heavy atom. The van der Waals surface area contributed by atoms with Crippen LogP contribution in [0.1, 0.15) is 17.5 Å². The number of oxime groups is 1. The molecule has 0 radical (unpaired) electrons. The van der Waals surface area contributed by atoms with Gasteiger partial charge in [-0.1, -0.05) is 29.4 Å². The number of ether oxygens (including phenoxy) is 1. The second-order valence-electron chi connectivity index (χ2n) is 5.53. The molecule has 0 saturated carbocycles. The molecular formula is C17H13F4NO3. The summed E-state index contributed by atoms with van der Waals surface area (Å²) in [5, 5.41) is 12.8. The number of rotatable bonds is 4. The van der Waals surface area contributed by atoms with Crippen molar-refractivity contribution in [1.82, 2.24) is 0 Å². The summed E-state index contributed by atoms with van der Waals surface area (Å²) in [7, 11) is 0. The van der Waals surface area contributed by atoms with Crippen LogP contribution in [-0.4, -0.2) is 22.8 Å².